The van der Waals surface area contributed by atoms with Crippen LogP contribution in [0.15, 0.2) is 43.5 Å². The molecular formula is C33H46N2O5S. The minimum Gasteiger partial charge on any atom is -0.465 e. The Bertz CT molecular complexity index is 1150. The van der Waals surface area contributed by atoms with E-state index in [1.807, 2.05) is 52.0 Å². The van der Waals surface area contributed by atoms with Crippen molar-refractivity contribution in [2.24, 2.45) is 17.8 Å². The summed E-state index contributed by atoms with van der Waals surface area (Å²) < 4.78 is 4.99. The highest BCUT2D eigenvalue weighted by Gasteiger charge is 2.75. The maximum absolute atomic E-state index is 14.9. The number of thioether (sulfide) groups is 1. The molecule has 0 saturated carbocycles. The SMILES string of the molecule is C=CCCCCOC(=O)[C@@H]1[C@@H]2CCC3(S2)C(C(=O)N(CC=C)c2c(C)cccc2C)N([C@@H](CO)[C@@H](C)CC)C(=O)[C@H]13. The largest absolute Gasteiger partial charge is 0.465 e. The number of para-hydroxylation sites is 1. The molecule has 2 amide bonds. The summed E-state index contributed by atoms with van der Waals surface area (Å²) in [5.41, 5.74) is 2.75. The van der Waals surface area contributed by atoms with Gasteiger partial charge in [-0.15, -0.1) is 24.9 Å². The Balaban J connectivity index is 1.76. The lowest BCUT2D eigenvalue weighted by Crippen LogP contribution is -2.59. The summed E-state index contributed by atoms with van der Waals surface area (Å²) in [4.78, 5) is 46.3. The number of aliphatic hydroxyl groups excluding tert-OH is 1. The predicted octanol–water partition coefficient (Wildman–Crippen LogP) is 5.22. The van der Waals surface area contributed by atoms with Crippen LogP contribution in [0.1, 0.15) is 63.5 Å². The van der Waals surface area contributed by atoms with Crippen molar-refractivity contribution in [2.75, 3.05) is 24.7 Å². The van der Waals surface area contributed by atoms with E-state index in [1.54, 1.807) is 27.6 Å². The Hall–Kier alpha value is -2.58. The van der Waals surface area contributed by atoms with E-state index in [-0.39, 0.29) is 35.6 Å². The first kappa shape index (κ1) is 31.4. The molecule has 7 atom stereocenters. The predicted molar refractivity (Wildman–Crippen MR) is 165 cm³/mol. The number of nitrogens with zero attached hydrogens (tertiary/aromatic N) is 2. The van der Waals surface area contributed by atoms with Crippen LogP contribution in [0.4, 0.5) is 5.69 Å². The summed E-state index contributed by atoms with van der Waals surface area (Å²) in [5, 5.41) is 10.5. The van der Waals surface area contributed by atoms with Crippen LogP contribution in [-0.2, 0) is 19.1 Å². The van der Waals surface area contributed by atoms with Gasteiger partial charge in [-0.1, -0.05) is 50.6 Å². The molecule has 4 rings (SSSR count). The molecule has 8 heteroatoms. The number of anilines is 1. The maximum Gasteiger partial charge on any atom is 0.310 e. The molecule has 41 heavy (non-hydrogen) atoms. The third-order valence-electron chi connectivity index (χ3n) is 9.42. The van der Waals surface area contributed by atoms with Gasteiger partial charge < -0.3 is 19.6 Å². The van der Waals surface area contributed by atoms with Crippen LogP contribution in [0.25, 0.3) is 0 Å². The second-order valence-corrected chi connectivity index (χ2v) is 13.5. The number of amides is 2. The smallest absolute Gasteiger partial charge is 0.310 e. The molecule has 0 aromatic heterocycles. The van der Waals surface area contributed by atoms with Crippen molar-refractivity contribution in [1.29, 1.82) is 0 Å². The average Bonchev–Trinajstić information content (AvgIpc) is 3.60. The van der Waals surface area contributed by atoms with Crippen LogP contribution in [0, 0.1) is 31.6 Å². The number of hydrogen-bond donors (Lipinski definition) is 1. The highest BCUT2D eigenvalue weighted by atomic mass is 32.2. The molecule has 1 spiro atoms. The van der Waals surface area contributed by atoms with Crippen LogP contribution in [0.2, 0.25) is 0 Å². The Morgan fingerprint density at radius 2 is 1.95 bits per heavy atom. The lowest BCUT2D eigenvalue weighted by atomic mass is 9.71. The fraction of sp³-hybridized carbons (Fsp3) is 0.606. The van der Waals surface area contributed by atoms with E-state index >= 15 is 0 Å². The first-order chi connectivity index (χ1) is 19.7. The second kappa shape index (κ2) is 13.2. The van der Waals surface area contributed by atoms with Gasteiger partial charge >= 0.3 is 5.97 Å². The highest BCUT2D eigenvalue weighted by Crippen LogP contribution is 2.67. The fourth-order valence-electron chi connectivity index (χ4n) is 7.27. The summed E-state index contributed by atoms with van der Waals surface area (Å²) in [6.07, 6.45) is 8.22. The quantitative estimate of drug-likeness (QED) is 0.184. The Labute approximate surface area is 249 Å². The van der Waals surface area contributed by atoms with Gasteiger partial charge in [-0.25, -0.2) is 0 Å². The lowest BCUT2D eigenvalue weighted by molar-refractivity contribution is -0.155. The van der Waals surface area contributed by atoms with Gasteiger partial charge in [0.25, 0.3) is 5.91 Å². The van der Waals surface area contributed by atoms with Gasteiger partial charge in [0.05, 0.1) is 35.8 Å². The summed E-state index contributed by atoms with van der Waals surface area (Å²) in [5.74, 6) is -1.98. The van der Waals surface area contributed by atoms with Gasteiger partial charge in [0, 0.05) is 17.5 Å². The molecule has 0 aliphatic carbocycles. The number of benzene rings is 1. The summed E-state index contributed by atoms with van der Waals surface area (Å²) in [7, 11) is 0. The standard InChI is InChI=1S/C33H46N2O5S/c1-7-10-11-12-19-40-32(39)26-25-16-17-33(41-25)27(26)30(37)35(24(20-36)21(4)9-3)29(33)31(38)34(18-8-2)28-22(5)14-13-15-23(28)6/h7-8,13-15,21,24-27,29,36H,1-2,9-12,16-20H2,3-6H3/t21-,24-,25-,26+,27-,29?,33?/m0/s1. The first-order valence-electron chi connectivity index (χ1n) is 15.0. The van der Waals surface area contributed by atoms with Crippen molar-refractivity contribution in [3.8, 4) is 0 Å². The minimum atomic E-state index is -0.800. The van der Waals surface area contributed by atoms with E-state index in [0.29, 0.717) is 19.6 Å². The van der Waals surface area contributed by atoms with Crippen molar-refractivity contribution in [2.45, 2.75) is 88.3 Å². The molecule has 3 aliphatic rings. The number of esters is 1. The molecule has 7 nitrogen and oxygen atoms in total. The molecule has 3 saturated heterocycles. The third kappa shape index (κ3) is 5.50. The topological polar surface area (TPSA) is 87.2 Å². The van der Waals surface area contributed by atoms with Gasteiger partial charge in [0.15, 0.2) is 0 Å². The van der Waals surface area contributed by atoms with Crippen LogP contribution >= 0.6 is 11.8 Å². The van der Waals surface area contributed by atoms with Gasteiger partial charge in [-0.3, -0.25) is 14.4 Å². The number of carbonyl (C=O) groups is 3. The molecule has 0 radical (unpaired) electrons. The molecule has 3 heterocycles. The zero-order chi connectivity index (χ0) is 29.9. The van der Waals surface area contributed by atoms with E-state index in [4.69, 9.17) is 4.74 Å². The van der Waals surface area contributed by atoms with Crippen molar-refractivity contribution >= 4 is 35.2 Å². The van der Waals surface area contributed by atoms with Gasteiger partial charge in [-0.2, -0.15) is 0 Å². The van der Waals surface area contributed by atoms with Crippen LogP contribution in [0.3, 0.4) is 0 Å². The summed E-state index contributed by atoms with van der Waals surface area (Å²) in [6.45, 7) is 16.0. The Morgan fingerprint density at radius 1 is 1.24 bits per heavy atom. The number of likely N-dealkylation sites (tertiary alicyclic amines) is 1. The number of hydrogen-bond acceptors (Lipinski definition) is 6. The molecule has 2 bridgehead atoms. The lowest BCUT2D eigenvalue weighted by Gasteiger charge is -2.41. The van der Waals surface area contributed by atoms with E-state index in [1.165, 1.54) is 0 Å². The number of fused-ring (bicyclic) bond motifs is 1. The number of aryl methyl sites for hydroxylation is 2. The monoisotopic (exact) mass is 582 g/mol. The fourth-order valence-corrected chi connectivity index (χ4v) is 9.46. The second-order valence-electron chi connectivity index (χ2n) is 11.9. The van der Waals surface area contributed by atoms with Crippen molar-refractivity contribution in [1.82, 2.24) is 4.90 Å². The Morgan fingerprint density at radius 3 is 2.56 bits per heavy atom. The third-order valence-corrected chi connectivity index (χ3v) is 11.4. The summed E-state index contributed by atoms with van der Waals surface area (Å²) >= 11 is 1.63. The molecule has 2 unspecified atom stereocenters. The number of aliphatic hydroxyl groups is 1. The van der Waals surface area contributed by atoms with Gasteiger partial charge in [0.2, 0.25) is 5.91 Å². The number of rotatable bonds is 14. The van der Waals surface area contributed by atoms with E-state index in [9.17, 15) is 19.5 Å². The van der Waals surface area contributed by atoms with Crippen LogP contribution < -0.4 is 4.90 Å². The molecule has 1 N–H and O–H groups in total. The van der Waals surface area contributed by atoms with Crippen molar-refractivity contribution in [3.05, 3.63) is 54.6 Å². The average molecular weight is 583 g/mol. The number of allylic oxidation sites excluding steroid dienone is 1. The van der Waals surface area contributed by atoms with E-state index < -0.39 is 28.7 Å². The normalized spacial score (nSPS) is 27.8. The zero-order valence-electron chi connectivity index (χ0n) is 25.0. The van der Waals surface area contributed by atoms with Crippen LogP contribution in [0.5, 0.6) is 0 Å². The zero-order valence-corrected chi connectivity index (χ0v) is 25.8. The minimum absolute atomic E-state index is 0.0278. The van der Waals surface area contributed by atoms with Crippen molar-refractivity contribution < 1.29 is 24.2 Å². The van der Waals surface area contributed by atoms with E-state index in [2.05, 4.69) is 13.2 Å². The number of ether oxygens (including phenoxy) is 1. The molecule has 1 aromatic rings. The number of unbranched alkanes of at least 4 members (excludes halogenated alkanes) is 2. The molecular weight excluding hydrogens is 536 g/mol. The maximum atomic E-state index is 14.9. The van der Waals surface area contributed by atoms with Crippen LogP contribution in [-0.4, -0.2) is 69.6 Å². The molecule has 224 valence electrons. The first-order valence-corrected chi connectivity index (χ1v) is 15.9. The van der Waals surface area contributed by atoms with Gasteiger partial charge in [-0.05, 0) is 63.0 Å². The van der Waals surface area contributed by atoms with E-state index in [0.717, 1.165) is 48.9 Å². The molecule has 1 aromatic carbocycles. The Kier molecular flexibility index (Phi) is 10.1. The van der Waals surface area contributed by atoms with Crippen molar-refractivity contribution in [3.63, 3.8) is 0 Å². The molecule has 3 fully saturated rings. The summed E-state index contributed by atoms with van der Waals surface area (Å²) in [6, 6.07) is 4.61. The number of carbonyl (C=O) groups excluding carboxylic acids is 3. The highest BCUT2D eigenvalue weighted by molar-refractivity contribution is 8.02. The van der Waals surface area contributed by atoms with Gasteiger partial charge in [0.1, 0.15) is 6.04 Å². The molecule has 3 aliphatic heterocycles.